The third kappa shape index (κ3) is 6.31. The monoisotopic (exact) mass is 267 g/mol. The maximum Gasteiger partial charge on any atom is 0.132 e. The number of thioether (sulfide) groups is 1. The van der Waals surface area contributed by atoms with Gasteiger partial charge in [0.05, 0.1) is 6.61 Å². The molecule has 0 aliphatic carbocycles. The van der Waals surface area contributed by atoms with Gasteiger partial charge in [-0.3, -0.25) is 0 Å². The minimum absolute atomic E-state index is 0.832. The summed E-state index contributed by atoms with van der Waals surface area (Å²) >= 11 is 1.74. The van der Waals surface area contributed by atoms with Crippen LogP contribution in [0.25, 0.3) is 0 Å². The highest BCUT2D eigenvalue weighted by molar-refractivity contribution is 7.98. The summed E-state index contributed by atoms with van der Waals surface area (Å²) in [6.07, 6.45) is 7.06. The van der Waals surface area contributed by atoms with Gasteiger partial charge >= 0.3 is 0 Å². The Morgan fingerprint density at radius 1 is 1.11 bits per heavy atom. The molecule has 3 heteroatoms. The van der Waals surface area contributed by atoms with E-state index in [9.17, 15) is 0 Å². The second-order valence-corrected chi connectivity index (χ2v) is 5.12. The van der Waals surface area contributed by atoms with Gasteiger partial charge < -0.3 is 10.1 Å². The lowest BCUT2D eigenvalue weighted by Crippen LogP contribution is -2.13. The first-order chi connectivity index (χ1) is 8.88. The summed E-state index contributed by atoms with van der Waals surface area (Å²) < 4.78 is 5.82. The van der Waals surface area contributed by atoms with Crippen LogP contribution >= 0.6 is 11.8 Å². The predicted molar refractivity (Wildman–Crippen MR) is 80.7 cm³/mol. The zero-order valence-electron chi connectivity index (χ0n) is 11.6. The highest BCUT2D eigenvalue weighted by Gasteiger charge is 2.00. The van der Waals surface area contributed by atoms with Crippen LogP contribution in [0.15, 0.2) is 29.2 Å². The quantitative estimate of drug-likeness (QED) is 0.512. The van der Waals surface area contributed by atoms with E-state index in [-0.39, 0.29) is 0 Å². The molecule has 1 N–H and O–H groups in total. The molecule has 0 amide bonds. The van der Waals surface area contributed by atoms with E-state index in [1.54, 1.807) is 11.8 Å². The molecular formula is C15H25NOS. The summed E-state index contributed by atoms with van der Waals surface area (Å²) in [6, 6.07) is 8.25. The minimum Gasteiger partial charge on any atom is -0.492 e. The molecule has 2 nitrogen and oxygen atoms in total. The van der Waals surface area contributed by atoms with Crippen LogP contribution in [0.1, 0.15) is 32.6 Å². The predicted octanol–water partition coefficient (Wildman–Crippen LogP) is 3.96. The Labute approximate surface area is 116 Å². The second-order valence-electron chi connectivity index (χ2n) is 4.27. The fourth-order valence-corrected chi connectivity index (χ4v) is 2.35. The van der Waals surface area contributed by atoms with Crippen molar-refractivity contribution in [3.63, 3.8) is 0 Å². The number of para-hydroxylation sites is 1. The first kappa shape index (κ1) is 15.4. The number of benzene rings is 1. The molecule has 0 aromatic heterocycles. The van der Waals surface area contributed by atoms with Crippen molar-refractivity contribution in [2.45, 2.75) is 37.5 Å². The van der Waals surface area contributed by atoms with Gasteiger partial charge in [0.25, 0.3) is 0 Å². The molecule has 0 atom stereocenters. The van der Waals surface area contributed by atoms with E-state index >= 15 is 0 Å². The fourth-order valence-electron chi connectivity index (χ4n) is 1.80. The first-order valence-corrected chi connectivity index (χ1v) is 8.07. The number of rotatable bonds is 10. The zero-order valence-corrected chi connectivity index (χ0v) is 12.4. The normalized spacial score (nSPS) is 10.6. The van der Waals surface area contributed by atoms with Crippen LogP contribution in [-0.2, 0) is 0 Å². The number of hydrogen-bond acceptors (Lipinski definition) is 3. The molecule has 0 saturated heterocycles. The molecule has 0 fully saturated rings. The summed E-state index contributed by atoms with van der Waals surface area (Å²) in [4.78, 5) is 1.23. The molecule has 0 bridgehead atoms. The molecule has 0 saturated carbocycles. The van der Waals surface area contributed by atoms with Crippen molar-refractivity contribution in [2.75, 3.05) is 26.0 Å². The Morgan fingerprint density at radius 3 is 2.67 bits per heavy atom. The van der Waals surface area contributed by atoms with Crippen molar-refractivity contribution in [1.29, 1.82) is 0 Å². The molecule has 0 heterocycles. The van der Waals surface area contributed by atoms with E-state index in [2.05, 4.69) is 36.7 Å². The van der Waals surface area contributed by atoms with E-state index < -0.39 is 0 Å². The number of unbranched alkanes of at least 4 members (excludes halogenated alkanes) is 3. The Hall–Kier alpha value is -0.670. The Bertz CT molecular complexity index is 317. The molecule has 1 rings (SSSR count). The summed E-state index contributed by atoms with van der Waals surface area (Å²) in [6.45, 7) is 5.21. The average Bonchev–Trinajstić information content (AvgIpc) is 2.42. The van der Waals surface area contributed by atoms with E-state index in [4.69, 9.17) is 4.74 Å². The second kappa shape index (κ2) is 10.3. The highest BCUT2D eigenvalue weighted by Crippen LogP contribution is 2.26. The van der Waals surface area contributed by atoms with Gasteiger partial charge in [-0.25, -0.2) is 0 Å². The van der Waals surface area contributed by atoms with Crippen molar-refractivity contribution >= 4 is 11.8 Å². The third-order valence-corrected chi connectivity index (χ3v) is 3.60. The van der Waals surface area contributed by atoms with Crippen LogP contribution in [0, 0.1) is 0 Å². The molecule has 1 aromatic carbocycles. The fraction of sp³-hybridized carbons (Fsp3) is 0.600. The zero-order chi connectivity index (χ0) is 13.1. The lowest BCUT2D eigenvalue weighted by atomic mass is 10.2. The SMILES string of the molecule is CCNCCCCCCOc1ccccc1SC. The number of ether oxygens (including phenoxy) is 1. The smallest absolute Gasteiger partial charge is 0.132 e. The molecule has 0 aliphatic rings. The van der Waals surface area contributed by atoms with E-state index in [1.807, 2.05) is 6.07 Å². The van der Waals surface area contributed by atoms with Crippen molar-refractivity contribution < 1.29 is 4.74 Å². The standard InChI is InChI=1S/C15H25NOS/c1-3-16-12-8-4-5-9-13-17-14-10-6-7-11-15(14)18-2/h6-7,10-11,16H,3-5,8-9,12-13H2,1-2H3. The number of hydrogen-bond donors (Lipinski definition) is 1. The van der Waals surface area contributed by atoms with E-state index in [1.165, 1.54) is 24.2 Å². The molecule has 0 unspecified atom stereocenters. The van der Waals surface area contributed by atoms with Crippen molar-refractivity contribution in [1.82, 2.24) is 5.32 Å². The van der Waals surface area contributed by atoms with E-state index in [0.717, 1.165) is 31.9 Å². The summed E-state index contributed by atoms with van der Waals surface area (Å²) in [7, 11) is 0. The van der Waals surface area contributed by atoms with Gasteiger partial charge in [-0.1, -0.05) is 31.9 Å². The third-order valence-electron chi connectivity index (χ3n) is 2.82. The molecule has 1 aromatic rings. The van der Waals surface area contributed by atoms with Crippen LogP contribution in [-0.4, -0.2) is 26.0 Å². The average molecular weight is 267 g/mol. The molecule has 0 aliphatic heterocycles. The van der Waals surface area contributed by atoms with Crippen LogP contribution in [0.4, 0.5) is 0 Å². The maximum absolute atomic E-state index is 5.82. The van der Waals surface area contributed by atoms with Crippen molar-refractivity contribution in [3.05, 3.63) is 24.3 Å². The van der Waals surface area contributed by atoms with Gasteiger partial charge in [0, 0.05) is 4.90 Å². The molecule has 0 radical (unpaired) electrons. The highest BCUT2D eigenvalue weighted by atomic mass is 32.2. The summed E-state index contributed by atoms with van der Waals surface area (Å²) in [5.74, 6) is 1.03. The van der Waals surface area contributed by atoms with Gasteiger partial charge in [-0.2, -0.15) is 0 Å². The minimum atomic E-state index is 0.832. The lowest BCUT2D eigenvalue weighted by molar-refractivity contribution is 0.298. The van der Waals surface area contributed by atoms with Gasteiger partial charge in [0.2, 0.25) is 0 Å². The maximum atomic E-state index is 5.82. The first-order valence-electron chi connectivity index (χ1n) is 6.85. The largest absolute Gasteiger partial charge is 0.492 e. The number of nitrogens with one attached hydrogen (secondary N) is 1. The Morgan fingerprint density at radius 2 is 1.89 bits per heavy atom. The summed E-state index contributed by atoms with van der Waals surface area (Å²) in [5.41, 5.74) is 0. The van der Waals surface area contributed by atoms with Crippen molar-refractivity contribution in [2.24, 2.45) is 0 Å². The van der Waals surface area contributed by atoms with Crippen LogP contribution in [0.2, 0.25) is 0 Å². The van der Waals surface area contributed by atoms with Gasteiger partial charge in [-0.05, 0) is 44.3 Å². The molecule has 102 valence electrons. The van der Waals surface area contributed by atoms with Gasteiger partial charge in [0.1, 0.15) is 5.75 Å². The topological polar surface area (TPSA) is 21.3 Å². The molecule has 0 spiro atoms. The van der Waals surface area contributed by atoms with Crippen molar-refractivity contribution in [3.8, 4) is 5.75 Å². The van der Waals surface area contributed by atoms with Crippen LogP contribution < -0.4 is 10.1 Å². The summed E-state index contributed by atoms with van der Waals surface area (Å²) in [5, 5.41) is 3.35. The lowest BCUT2D eigenvalue weighted by Gasteiger charge is -2.09. The van der Waals surface area contributed by atoms with E-state index in [0.29, 0.717) is 0 Å². The Kier molecular flexibility index (Phi) is 8.78. The Balaban J connectivity index is 2.07. The molecule has 18 heavy (non-hydrogen) atoms. The van der Waals surface area contributed by atoms with Crippen LogP contribution in [0.3, 0.4) is 0 Å². The van der Waals surface area contributed by atoms with Gasteiger partial charge in [-0.15, -0.1) is 11.8 Å². The molecular weight excluding hydrogens is 242 g/mol. The van der Waals surface area contributed by atoms with Gasteiger partial charge in [0.15, 0.2) is 0 Å². The van der Waals surface area contributed by atoms with Crippen LogP contribution in [0.5, 0.6) is 5.75 Å².